The summed E-state index contributed by atoms with van der Waals surface area (Å²) in [6, 6.07) is 12.6. The Morgan fingerprint density at radius 3 is 2.31 bits per heavy atom. The van der Waals surface area contributed by atoms with Gasteiger partial charge in [0.1, 0.15) is 0 Å². The molecule has 0 unspecified atom stereocenters. The van der Waals surface area contributed by atoms with Gasteiger partial charge in [0.15, 0.2) is 10.7 Å². The van der Waals surface area contributed by atoms with Crippen molar-refractivity contribution in [3.63, 3.8) is 0 Å². The molecule has 0 spiro atoms. The Balaban J connectivity index is 0.00000163. The van der Waals surface area contributed by atoms with Crippen molar-refractivity contribution in [1.29, 1.82) is 5.39 Å². The van der Waals surface area contributed by atoms with E-state index in [2.05, 4.69) is 10.3 Å². The van der Waals surface area contributed by atoms with Crippen LogP contribution in [0.1, 0.15) is 19.4 Å². The van der Waals surface area contributed by atoms with Crippen LogP contribution in [0.3, 0.4) is 0 Å². The molecule has 2 aromatic carbocycles. The van der Waals surface area contributed by atoms with Crippen molar-refractivity contribution in [2.24, 2.45) is 0 Å². The van der Waals surface area contributed by atoms with Crippen molar-refractivity contribution in [2.45, 2.75) is 20.3 Å². The van der Waals surface area contributed by atoms with Crippen molar-refractivity contribution < 1.29 is 31.6 Å². The number of carbonyl (C=O) groups is 1. The Bertz CT molecular complexity index is 751. The molecule has 6 nitrogen and oxygen atoms in total. The van der Waals surface area contributed by atoms with Gasteiger partial charge in [-0.25, -0.2) is 0 Å². The molecular formula is C18H20ClN3O3Zn. The average Bonchev–Trinajstić information content (AvgIpc) is 2.66. The molecule has 0 atom stereocenters. The maximum absolute atomic E-state index is 12.3. The molecule has 0 aliphatic carbocycles. The molecule has 2 rings (SSSR count). The zero-order valence-electron chi connectivity index (χ0n) is 14.9. The van der Waals surface area contributed by atoms with Gasteiger partial charge in [0.05, 0.1) is 31.4 Å². The van der Waals surface area contributed by atoms with Crippen LogP contribution in [0.2, 0.25) is 0 Å². The van der Waals surface area contributed by atoms with E-state index >= 15 is 0 Å². The van der Waals surface area contributed by atoms with E-state index < -0.39 is 0 Å². The Labute approximate surface area is 167 Å². The summed E-state index contributed by atoms with van der Waals surface area (Å²) in [5, 5.41) is 11.9. The molecule has 2 aromatic rings. The Kier molecular flexibility index (Phi) is 10.3. The molecule has 0 saturated heterocycles. The SMILES string of the molecule is CCOc1cc(NC(=O)Cc2ccccc2)c(OCC)cc1[N+]#N.[Cl][Zn-]. The fourth-order valence-electron chi connectivity index (χ4n) is 2.25. The molecule has 8 heteroatoms. The zero-order valence-corrected chi connectivity index (χ0v) is 18.6. The summed E-state index contributed by atoms with van der Waals surface area (Å²) in [4.78, 5) is 15.5. The van der Waals surface area contributed by atoms with E-state index in [1.807, 2.05) is 44.2 Å². The number of hydrogen-bond donors (Lipinski definition) is 1. The summed E-state index contributed by atoms with van der Waals surface area (Å²) < 4.78 is 11.0. The first-order chi connectivity index (χ1) is 12.7. The summed E-state index contributed by atoms with van der Waals surface area (Å²) >= 11 is 0.847. The van der Waals surface area contributed by atoms with Crippen LogP contribution in [0.15, 0.2) is 42.5 Å². The van der Waals surface area contributed by atoms with Crippen molar-refractivity contribution in [2.75, 3.05) is 18.5 Å². The Morgan fingerprint density at radius 2 is 1.73 bits per heavy atom. The molecule has 0 bridgehead atoms. The normalized spacial score (nSPS) is 9.27. The average molecular weight is 427 g/mol. The molecule has 26 heavy (non-hydrogen) atoms. The quantitative estimate of drug-likeness (QED) is 0.507. The van der Waals surface area contributed by atoms with Crippen LogP contribution in [-0.4, -0.2) is 19.1 Å². The van der Waals surface area contributed by atoms with Crippen LogP contribution in [0, 0.1) is 5.39 Å². The van der Waals surface area contributed by atoms with E-state index in [1.54, 1.807) is 6.07 Å². The Hall–Kier alpha value is -2.16. The predicted octanol–water partition coefficient (Wildman–Crippen LogP) is 4.84. The molecule has 0 radical (unpaired) electrons. The summed E-state index contributed by atoms with van der Waals surface area (Å²) in [6.45, 7) is 4.49. The second-order valence-electron chi connectivity index (χ2n) is 4.99. The second kappa shape index (κ2) is 12.2. The molecule has 0 aliphatic rings. The van der Waals surface area contributed by atoms with Gasteiger partial charge in [0, 0.05) is 6.07 Å². The van der Waals surface area contributed by atoms with Gasteiger partial charge in [-0.2, -0.15) is 0 Å². The van der Waals surface area contributed by atoms with Crippen molar-refractivity contribution in [3.8, 4) is 11.5 Å². The molecule has 0 fully saturated rings. The molecule has 0 heterocycles. The van der Waals surface area contributed by atoms with Gasteiger partial charge in [-0.3, -0.25) is 4.79 Å². The fourth-order valence-corrected chi connectivity index (χ4v) is 2.25. The van der Waals surface area contributed by atoms with Crippen LogP contribution < -0.4 is 14.8 Å². The van der Waals surface area contributed by atoms with Crippen LogP contribution >= 0.6 is 9.69 Å². The number of nitrogens with one attached hydrogen (secondary N) is 1. The van der Waals surface area contributed by atoms with Crippen LogP contribution in [0.4, 0.5) is 11.4 Å². The molecule has 0 aliphatic heterocycles. The van der Waals surface area contributed by atoms with Crippen molar-refractivity contribution >= 4 is 27.0 Å². The summed E-state index contributed by atoms with van der Waals surface area (Å²) in [7, 11) is 4.76. The minimum absolute atomic E-state index is 0.168. The number of nitrogens with zero attached hydrogens (tertiary/aromatic N) is 2. The van der Waals surface area contributed by atoms with E-state index in [0.29, 0.717) is 30.4 Å². The topological polar surface area (TPSA) is 75.7 Å². The number of diazo groups is 1. The molecule has 1 N–H and O–H groups in total. The van der Waals surface area contributed by atoms with Crippen LogP contribution in [0.25, 0.3) is 4.98 Å². The maximum atomic E-state index is 12.3. The van der Waals surface area contributed by atoms with E-state index in [1.165, 1.54) is 6.07 Å². The number of halogens is 1. The molecule has 1 amide bonds. The van der Waals surface area contributed by atoms with Gasteiger partial charge in [-0.15, -0.1) is 0 Å². The van der Waals surface area contributed by atoms with Gasteiger partial charge in [0.25, 0.3) is 0 Å². The first kappa shape index (κ1) is 21.9. The molecular weight excluding hydrogens is 407 g/mol. The minimum atomic E-state index is -0.168. The first-order valence-corrected chi connectivity index (χ1v) is 12.0. The number of hydrogen-bond acceptors (Lipinski definition) is 4. The van der Waals surface area contributed by atoms with Gasteiger partial charge >= 0.3 is 32.7 Å². The van der Waals surface area contributed by atoms with Crippen molar-refractivity contribution in [3.05, 3.63) is 53.0 Å². The summed E-state index contributed by atoms with van der Waals surface area (Å²) in [5.41, 5.74) is 1.65. The predicted molar refractivity (Wildman–Crippen MR) is 98.2 cm³/mol. The van der Waals surface area contributed by atoms with Crippen LogP contribution in [-0.2, 0) is 28.5 Å². The fraction of sp³-hybridized carbons (Fsp3) is 0.278. The third kappa shape index (κ3) is 6.63. The van der Waals surface area contributed by atoms with Crippen molar-refractivity contribution in [1.82, 2.24) is 0 Å². The van der Waals surface area contributed by atoms with E-state index in [-0.39, 0.29) is 18.0 Å². The van der Waals surface area contributed by atoms with Gasteiger partial charge in [-0.1, -0.05) is 30.3 Å². The molecule has 134 valence electrons. The van der Waals surface area contributed by atoms with Crippen LogP contribution in [0.5, 0.6) is 11.5 Å². The number of anilines is 1. The van der Waals surface area contributed by atoms with E-state index in [9.17, 15) is 4.79 Å². The van der Waals surface area contributed by atoms with Gasteiger partial charge in [-0.05, 0) is 19.4 Å². The number of ether oxygens (including phenoxy) is 2. The van der Waals surface area contributed by atoms with E-state index in [4.69, 9.17) is 24.6 Å². The number of carbonyl (C=O) groups excluding carboxylic acids is 1. The third-order valence-corrected chi connectivity index (χ3v) is 3.25. The number of benzene rings is 2. The summed E-state index contributed by atoms with van der Waals surface area (Å²) in [6.07, 6.45) is 0.252. The third-order valence-electron chi connectivity index (χ3n) is 3.25. The zero-order chi connectivity index (χ0) is 19.4. The second-order valence-corrected chi connectivity index (χ2v) is 4.99. The van der Waals surface area contributed by atoms with Gasteiger partial charge in [0.2, 0.25) is 17.0 Å². The van der Waals surface area contributed by atoms with Gasteiger partial charge < -0.3 is 14.8 Å². The monoisotopic (exact) mass is 425 g/mol. The molecule has 0 aromatic heterocycles. The number of rotatable bonds is 7. The number of amides is 1. The van der Waals surface area contributed by atoms with E-state index in [0.717, 1.165) is 22.9 Å². The summed E-state index contributed by atoms with van der Waals surface area (Å²) in [5.74, 6) is 0.631. The standard InChI is InChI=1S/C18H19N3O3.ClH.Zn/c1-3-23-16-12-15(21-19)17(24-4-2)11-14(16)20-18(22)10-13-8-6-5-7-9-13;;/h5-9,11-12H,3-4,10H2,1-2H3;1H;. The Morgan fingerprint density at radius 1 is 1.12 bits per heavy atom. The first-order valence-electron chi connectivity index (χ1n) is 8.07. The molecule has 0 saturated carbocycles.